The summed E-state index contributed by atoms with van der Waals surface area (Å²) < 4.78 is 0.682. The van der Waals surface area contributed by atoms with Crippen molar-refractivity contribution in [2.45, 2.75) is 0 Å². The van der Waals surface area contributed by atoms with Crippen molar-refractivity contribution in [1.29, 1.82) is 0 Å². The molecule has 0 bridgehead atoms. The molecule has 0 aliphatic carbocycles. The molecule has 2 nitrogen and oxygen atoms in total. The molecular weight excluding hydrogens is 351 g/mol. The van der Waals surface area contributed by atoms with E-state index < -0.39 is 0 Å². The number of nitrogens with one attached hydrogen (secondary N) is 2. The van der Waals surface area contributed by atoms with Crippen molar-refractivity contribution >= 4 is 50.6 Å². The first kappa shape index (κ1) is 8.92. The predicted octanol–water partition coefficient (Wildman–Crippen LogP) is 1.84. The van der Waals surface area contributed by atoms with E-state index in [-0.39, 0.29) is 27.3 Å². The summed E-state index contributed by atoms with van der Waals surface area (Å²) in [7, 11) is 0. The predicted molar refractivity (Wildman–Crippen MR) is 49.2 cm³/mol. The second kappa shape index (κ2) is 3.49. The van der Waals surface area contributed by atoms with E-state index in [1.165, 1.54) is 0 Å². The number of hydrogen-bond acceptors (Lipinski definition) is 1. The quantitative estimate of drug-likeness (QED) is 0.547. The number of aromatic amines is 2. The Kier molecular flexibility index (Phi) is 2.83. The van der Waals surface area contributed by atoms with E-state index >= 15 is 0 Å². The van der Waals surface area contributed by atoms with E-state index in [2.05, 4.69) is 9.97 Å². The maximum absolute atomic E-state index is 4.90. The van der Waals surface area contributed by atoms with Crippen LogP contribution in [0.5, 0.6) is 0 Å². The number of fused-ring (bicyclic) bond motifs is 1. The van der Waals surface area contributed by atoms with Gasteiger partial charge in [-0.25, -0.2) is 0 Å². The van der Waals surface area contributed by atoms with Crippen LogP contribution in [0.4, 0.5) is 0 Å². The molecule has 0 aliphatic rings. The Morgan fingerprint density at radius 2 is 1.45 bits per heavy atom. The molecule has 1 heterocycles. The molecular formula is C7H6N2PbS. The summed E-state index contributed by atoms with van der Waals surface area (Å²) in [4.78, 5) is 6.04. The maximum Gasteiger partial charge on any atom is 0.175 e. The second-order valence-corrected chi connectivity index (χ2v) is 2.53. The molecule has 2 rings (SSSR count). The zero-order valence-corrected chi connectivity index (χ0v) is 10.4. The third-order valence-corrected chi connectivity index (χ3v) is 1.63. The van der Waals surface area contributed by atoms with Crippen molar-refractivity contribution in [1.82, 2.24) is 9.97 Å². The minimum Gasteiger partial charge on any atom is -0.331 e. The van der Waals surface area contributed by atoms with Gasteiger partial charge in [-0.15, -0.1) is 0 Å². The molecule has 0 amide bonds. The fourth-order valence-electron chi connectivity index (χ4n) is 0.977. The van der Waals surface area contributed by atoms with Crippen molar-refractivity contribution in [2.24, 2.45) is 0 Å². The normalized spacial score (nSPS) is 9.45. The Balaban J connectivity index is 0.000000605. The fourth-order valence-corrected chi connectivity index (χ4v) is 1.20. The SMILES string of the molecule is S=c1[nH]c2ccccc2[nH]1.[Pb]. The molecule has 4 heteroatoms. The number of H-pyrrole nitrogens is 2. The smallest absolute Gasteiger partial charge is 0.175 e. The summed E-state index contributed by atoms with van der Waals surface area (Å²) in [5.74, 6) is 0. The van der Waals surface area contributed by atoms with Gasteiger partial charge in [-0.2, -0.15) is 0 Å². The largest absolute Gasteiger partial charge is 0.331 e. The molecule has 2 N–H and O–H groups in total. The average molecular weight is 357 g/mol. The molecule has 0 unspecified atom stereocenters. The molecule has 0 spiro atoms. The van der Waals surface area contributed by atoms with E-state index in [0.717, 1.165) is 11.0 Å². The number of para-hydroxylation sites is 2. The van der Waals surface area contributed by atoms with Crippen LogP contribution in [-0.2, 0) is 0 Å². The monoisotopic (exact) mass is 358 g/mol. The van der Waals surface area contributed by atoms with Crippen LogP contribution in [0.25, 0.3) is 11.0 Å². The summed E-state index contributed by atoms with van der Waals surface area (Å²) >= 11 is 4.90. The summed E-state index contributed by atoms with van der Waals surface area (Å²) in [6, 6.07) is 7.92. The third-order valence-electron chi connectivity index (χ3n) is 1.42. The molecule has 0 fully saturated rings. The van der Waals surface area contributed by atoms with E-state index in [1.807, 2.05) is 24.3 Å². The topological polar surface area (TPSA) is 31.6 Å². The summed E-state index contributed by atoms with van der Waals surface area (Å²) in [5, 5.41) is 0. The third kappa shape index (κ3) is 1.70. The first-order valence-corrected chi connectivity index (χ1v) is 3.44. The molecule has 0 saturated carbocycles. The molecule has 4 radical (unpaired) electrons. The van der Waals surface area contributed by atoms with E-state index in [1.54, 1.807) is 0 Å². The van der Waals surface area contributed by atoms with Crippen LogP contribution in [0, 0.1) is 4.77 Å². The number of aromatic nitrogens is 2. The van der Waals surface area contributed by atoms with E-state index in [0.29, 0.717) is 4.77 Å². The van der Waals surface area contributed by atoms with Crippen LogP contribution in [0.1, 0.15) is 0 Å². The standard InChI is InChI=1S/C7H6N2S.Pb/c10-7-8-5-3-1-2-4-6(5)9-7;/h1-4H,(H2,8,9,10);. The molecule has 0 aliphatic heterocycles. The maximum atomic E-state index is 4.90. The first-order valence-electron chi connectivity index (χ1n) is 3.03. The van der Waals surface area contributed by atoms with Crippen molar-refractivity contribution in [3.05, 3.63) is 29.0 Å². The van der Waals surface area contributed by atoms with Gasteiger partial charge >= 0.3 is 0 Å². The van der Waals surface area contributed by atoms with Crippen LogP contribution >= 0.6 is 12.2 Å². The van der Waals surface area contributed by atoms with Gasteiger partial charge in [0.05, 0.1) is 11.0 Å². The summed E-state index contributed by atoms with van der Waals surface area (Å²) in [6.45, 7) is 0. The van der Waals surface area contributed by atoms with Gasteiger partial charge in [0.2, 0.25) is 0 Å². The number of imidazole rings is 1. The van der Waals surface area contributed by atoms with Gasteiger partial charge in [-0.1, -0.05) is 12.1 Å². The summed E-state index contributed by atoms with van der Waals surface area (Å²) in [6.07, 6.45) is 0. The zero-order valence-electron chi connectivity index (χ0n) is 5.72. The van der Waals surface area contributed by atoms with Gasteiger partial charge in [0.25, 0.3) is 0 Å². The van der Waals surface area contributed by atoms with Crippen LogP contribution in [0.3, 0.4) is 0 Å². The van der Waals surface area contributed by atoms with Gasteiger partial charge in [0.1, 0.15) is 0 Å². The number of hydrogen-bond donors (Lipinski definition) is 2. The molecule has 0 saturated heterocycles. The van der Waals surface area contributed by atoms with E-state index in [4.69, 9.17) is 12.2 Å². The van der Waals surface area contributed by atoms with Gasteiger partial charge < -0.3 is 9.97 Å². The molecule has 1 aromatic carbocycles. The first-order chi connectivity index (χ1) is 4.86. The Hall–Kier alpha value is -0.168. The van der Waals surface area contributed by atoms with Gasteiger partial charge in [-0.05, 0) is 24.4 Å². The van der Waals surface area contributed by atoms with Crippen LogP contribution in [-0.4, -0.2) is 37.3 Å². The fraction of sp³-hybridized carbons (Fsp3) is 0. The zero-order chi connectivity index (χ0) is 6.97. The minimum atomic E-state index is 0. The van der Waals surface area contributed by atoms with Crippen LogP contribution < -0.4 is 0 Å². The second-order valence-electron chi connectivity index (χ2n) is 2.12. The van der Waals surface area contributed by atoms with Crippen molar-refractivity contribution < 1.29 is 0 Å². The molecule has 54 valence electrons. The Labute approximate surface area is 89.2 Å². The van der Waals surface area contributed by atoms with Crippen molar-refractivity contribution in [3.63, 3.8) is 0 Å². The summed E-state index contributed by atoms with van der Waals surface area (Å²) in [5.41, 5.74) is 2.13. The van der Waals surface area contributed by atoms with Crippen molar-refractivity contribution in [2.75, 3.05) is 0 Å². The Morgan fingerprint density at radius 3 is 1.91 bits per heavy atom. The van der Waals surface area contributed by atoms with E-state index in [9.17, 15) is 0 Å². The number of benzene rings is 1. The molecule has 2 aromatic rings. The molecule has 11 heavy (non-hydrogen) atoms. The Morgan fingerprint density at radius 1 is 1.00 bits per heavy atom. The van der Waals surface area contributed by atoms with Crippen molar-refractivity contribution in [3.8, 4) is 0 Å². The molecule has 1 aromatic heterocycles. The van der Waals surface area contributed by atoms with Gasteiger partial charge in [0.15, 0.2) is 4.77 Å². The number of rotatable bonds is 0. The Bertz CT molecular complexity index is 368. The molecule has 0 atom stereocenters. The average Bonchev–Trinajstić information content (AvgIpc) is 2.27. The van der Waals surface area contributed by atoms with Crippen LogP contribution in [0.15, 0.2) is 24.3 Å². The van der Waals surface area contributed by atoms with Gasteiger partial charge in [-0.3, -0.25) is 0 Å². The van der Waals surface area contributed by atoms with Gasteiger partial charge in [0, 0.05) is 27.3 Å². The van der Waals surface area contributed by atoms with Crippen LogP contribution in [0.2, 0.25) is 0 Å². The minimum absolute atomic E-state index is 0.